The highest BCUT2D eigenvalue weighted by atomic mass is 16.2. The fourth-order valence-electron chi connectivity index (χ4n) is 1.62. The molecule has 7 heteroatoms. The third-order valence-electron chi connectivity index (χ3n) is 2.94. The lowest BCUT2D eigenvalue weighted by molar-refractivity contribution is -0.119. The molecule has 0 saturated carbocycles. The first-order valence-corrected chi connectivity index (χ1v) is 6.28. The Kier molecular flexibility index (Phi) is 3.80. The van der Waals surface area contributed by atoms with E-state index in [4.69, 9.17) is 5.73 Å². The van der Waals surface area contributed by atoms with Crippen molar-refractivity contribution in [1.29, 1.82) is 0 Å². The molecule has 1 atom stereocenters. The SMILES string of the molecule is CC(C)(C)C(N)C(=O)Nc1cccc(-n2cnnn2)c1. The van der Waals surface area contributed by atoms with E-state index in [0.29, 0.717) is 5.69 Å². The van der Waals surface area contributed by atoms with Gasteiger partial charge in [0.05, 0.1) is 11.7 Å². The minimum atomic E-state index is -0.584. The largest absolute Gasteiger partial charge is 0.325 e. The summed E-state index contributed by atoms with van der Waals surface area (Å²) in [6.07, 6.45) is 1.49. The van der Waals surface area contributed by atoms with Crippen LogP contribution in [0.4, 0.5) is 5.69 Å². The lowest BCUT2D eigenvalue weighted by Crippen LogP contribution is -2.45. The van der Waals surface area contributed by atoms with Gasteiger partial charge >= 0.3 is 0 Å². The van der Waals surface area contributed by atoms with E-state index in [1.807, 2.05) is 32.9 Å². The molecule has 1 heterocycles. The van der Waals surface area contributed by atoms with E-state index in [0.717, 1.165) is 5.69 Å². The molecule has 2 rings (SSSR count). The van der Waals surface area contributed by atoms with E-state index in [9.17, 15) is 4.79 Å². The van der Waals surface area contributed by atoms with Gasteiger partial charge in [0, 0.05) is 5.69 Å². The molecule has 0 fully saturated rings. The molecule has 1 aromatic carbocycles. The standard InChI is InChI=1S/C13H18N6O/c1-13(2,3)11(14)12(20)16-9-5-4-6-10(7-9)19-8-15-17-18-19/h4-8,11H,14H2,1-3H3,(H,16,20). The highest BCUT2D eigenvalue weighted by molar-refractivity contribution is 5.95. The summed E-state index contributed by atoms with van der Waals surface area (Å²) in [5, 5.41) is 13.8. The molecule has 1 amide bonds. The minimum absolute atomic E-state index is 0.216. The molecule has 0 aliphatic heterocycles. The van der Waals surface area contributed by atoms with Gasteiger partial charge in [-0.15, -0.1) is 5.10 Å². The average molecular weight is 274 g/mol. The first-order chi connectivity index (χ1) is 9.38. The Bertz CT molecular complexity index is 587. The molecule has 1 unspecified atom stereocenters. The predicted octanol–water partition coefficient (Wildman–Crippen LogP) is 0.974. The van der Waals surface area contributed by atoms with Crippen LogP contribution in [0.1, 0.15) is 20.8 Å². The quantitative estimate of drug-likeness (QED) is 0.869. The molecule has 0 aliphatic rings. The summed E-state index contributed by atoms with van der Waals surface area (Å²) in [6, 6.07) is 6.65. The summed E-state index contributed by atoms with van der Waals surface area (Å²) < 4.78 is 1.51. The van der Waals surface area contributed by atoms with E-state index in [1.165, 1.54) is 11.0 Å². The summed E-state index contributed by atoms with van der Waals surface area (Å²) in [7, 11) is 0. The van der Waals surface area contributed by atoms with Crippen LogP contribution in [-0.2, 0) is 4.79 Å². The fourth-order valence-corrected chi connectivity index (χ4v) is 1.62. The number of anilines is 1. The minimum Gasteiger partial charge on any atom is -0.325 e. The van der Waals surface area contributed by atoms with Gasteiger partial charge in [-0.05, 0) is 34.0 Å². The number of aromatic nitrogens is 4. The number of tetrazole rings is 1. The smallest absolute Gasteiger partial charge is 0.241 e. The molecule has 0 bridgehead atoms. The third kappa shape index (κ3) is 3.18. The maximum atomic E-state index is 12.1. The van der Waals surface area contributed by atoms with Crippen molar-refractivity contribution in [2.45, 2.75) is 26.8 Å². The van der Waals surface area contributed by atoms with Gasteiger partial charge < -0.3 is 11.1 Å². The number of hydrogen-bond acceptors (Lipinski definition) is 5. The number of carbonyl (C=O) groups excluding carboxylic acids is 1. The Balaban J connectivity index is 2.15. The fraction of sp³-hybridized carbons (Fsp3) is 0.385. The zero-order valence-electron chi connectivity index (χ0n) is 11.7. The van der Waals surface area contributed by atoms with Crippen LogP contribution in [0.25, 0.3) is 5.69 Å². The number of nitrogens with one attached hydrogen (secondary N) is 1. The molecule has 0 radical (unpaired) electrons. The first-order valence-electron chi connectivity index (χ1n) is 6.28. The van der Waals surface area contributed by atoms with Crippen LogP contribution in [-0.4, -0.2) is 32.2 Å². The Hall–Kier alpha value is -2.28. The van der Waals surface area contributed by atoms with Gasteiger partial charge in [-0.2, -0.15) is 0 Å². The number of carbonyl (C=O) groups is 1. The van der Waals surface area contributed by atoms with E-state index >= 15 is 0 Å². The molecular weight excluding hydrogens is 256 g/mol. The van der Waals surface area contributed by atoms with E-state index < -0.39 is 6.04 Å². The van der Waals surface area contributed by atoms with Gasteiger partial charge in [-0.1, -0.05) is 26.8 Å². The molecule has 1 aromatic heterocycles. The Labute approximate surface area is 117 Å². The van der Waals surface area contributed by atoms with Crippen molar-refractivity contribution in [3.63, 3.8) is 0 Å². The van der Waals surface area contributed by atoms with Crippen LogP contribution in [0.15, 0.2) is 30.6 Å². The van der Waals surface area contributed by atoms with Crippen molar-refractivity contribution in [2.24, 2.45) is 11.1 Å². The average Bonchev–Trinajstić information content (AvgIpc) is 2.91. The van der Waals surface area contributed by atoms with Gasteiger partial charge in [0.25, 0.3) is 0 Å². The van der Waals surface area contributed by atoms with Crippen molar-refractivity contribution in [3.05, 3.63) is 30.6 Å². The van der Waals surface area contributed by atoms with Gasteiger partial charge in [0.1, 0.15) is 6.33 Å². The van der Waals surface area contributed by atoms with Crippen LogP contribution < -0.4 is 11.1 Å². The highest BCUT2D eigenvalue weighted by Gasteiger charge is 2.27. The van der Waals surface area contributed by atoms with E-state index in [-0.39, 0.29) is 11.3 Å². The summed E-state index contributed by atoms with van der Waals surface area (Å²) >= 11 is 0. The molecule has 7 nitrogen and oxygen atoms in total. The van der Waals surface area contributed by atoms with Crippen molar-refractivity contribution in [3.8, 4) is 5.69 Å². The van der Waals surface area contributed by atoms with Crippen molar-refractivity contribution >= 4 is 11.6 Å². The third-order valence-corrected chi connectivity index (χ3v) is 2.94. The molecule has 106 valence electrons. The first kappa shape index (κ1) is 14.1. The monoisotopic (exact) mass is 274 g/mol. The van der Waals surface area contributed by atoms with Crippen molar-refractivity contribution in [2.75, 3.05) is 5.32 Å². The topological polar surface area (TPSA) is 98.7 Å². The Morgan fingerprint density at radius 1 is 1.40 bits per heavy atom. The zero-order valence-corrected chi connectivity index (χ0v) is 11.7. The van der Waals surface area contributed by atoms with E-state index in [2.05, 4.69) is 20.8 Å². The zero-order chi connectivity index (χ0) is 14.8. The second kappa shape index (κ2) is 5.38. The van der Waals surface area contributed by atoms with Crippen molar-refractivity contribution < 1.29 is 4.79 Å². The number of hydrogen-bond donors (Lipinski definition) is 2. The normalized spacial score (nSPS) is 13.0. The number of nitrogens with zero attached hydrogens (tertiary/aromatic N) is 4. The Morgan fingerprint density at radius 2 is 2.15 bits per heavy atom. The van der Waals surface area contributed by atoms with Crippen molar-refractivity contribution in [1.82, 2.24) is 20.2 Å². The molecule has 2 aromatic rings. The lowest BCUT2D eigenvalue weighted by atomic mass is 9.87. The number of rotatable bonds is 3. The van der Waals surface area contributed by atoms with Crippen LogP contribution in [0.2, 0.25) is 0 Å². The second-order valence-electron chi connectivity index (χ2n) is 5.64. The van der Waals surface area contributed by atoms with E-state index in [1.54, 1.807) is 12.1 Å². The van der Waals surface area contributed by atoms with Gasteiger partial charge in [0.2, 0.25) is 5.91 Å². The molecule has 0 saturated heterocycles. The number of amides is 1. The summed E-state index contributed by atoms with van der Waals surface area (Å²) in [6.45, 7) is 5.78. The predicted molar refractivity (Wildman–Crippen MR) is 75.2 cm³/mol. The summed E-state index contributed by atoms with van der Waals surface area (Å²) in [5.74, 6) is -0.216. The summed E-state index contributed by atoms with van der Waals surface area (Å²) in [4.78, 5) is 12.1. The van der Waals surface area contributed by atoms with Gasteiger partial charge in [-0.3, -0.25) is 4.79 Å². The number of benzene rings is 1. The lowest BCUT2D eigenvalue weighted by Gasteiger charge is -2.25. The highest BCUT2D eigenvalue weighted by Crippen LogP contribution is 2.19. The van der Waals surface area contributed by atoms with Crippen LogP contribution in [0.3, 0.4) is 0 Å². The Morgan fingerprint density at radius 3 is 2.75 bits per heavy atom. The second-order valence-corrected chi connectivity index (χ2v) is 5.64. The maximum absolute atomic E-state index is 12.1. The van der Waals surface area contributed by atoms with Gasteiger partial charge in [0.15, 0.2) is 0 Å². The molecule has 0 spiro atoms. The number of nitrogens with two attached hydrogens (primary N) is 1. The maximum Gasteiger partial charge on any atom is 0.241 e. The molecule has 3 N–H and O–H groups in total. The molecule has 0 aliphatic carbocycles. The van der Waals surface area contributed by atoms with Crippen LogP contribution in [0.5, 0.6) is 0 Å². The molecular formula is C13H18N6O. The van der Waals surface area contributed by atoms with Crippen LogP contribution >= 0.6 is 0 Å². The van der Waals surface area contributed by atoms with Crippen LogP contribution in [0, 0.1) is 5.41 Å². The summed E-state index contributed by atoms with van der Waals surface area (Å²) in [5.41, 5.74) is 7.05. The van der Waals surface area contributed by atoms with Gasteiger partial charge in [-0.25, -0.2) is 4.68 Å². The molecule has 20 heavy (non-hydrogen) atoms.